The average molecular weight is 370 g/mol. The van der Waals surface area contributed by atoms with Gasteiger partial charge < -0.3 is 10.1 Å². The average Bonchev–Trinajstić information content (AvgIpc) is 2.55. The third kappa shape index (κ3) is 5.98. The molecule has 0 saturated carbocycles. The molecule has 0 atom stereocenters. The second-order valence-corrected chi connectivity index (χ2v) is 6.75. The number of carbonyl (C=O) groups is 1. The van der Waals surface area contributed by atoms with Gasteiger partial charge in [-0.1, -0.05) is 29.3 Å². The van der Waals surface area contributed by atoms with Gasteiger partial charge in [0.05, 0.1) is 17.2 Å². The number of nitrogens with one attached hydrogen (secondary N) is 1. The summed E-state index contributed by atoms with van der Waals surface area (Å²) >= 11 is 13.5. The topological polar surface area (TPSA) is 38.3 Å². The van der Waals surface area contributed by atoms with E-state index in [0.29, 0.717) is 16.5 Å². The Kier molecular flexibility index (Phi) is 7.09. The van der Waals surface area contributed by atoms with E-state index in [0.717, 1.165) is 28.5 Å². The van der Waals surface area contributed by atoms with Crippen molar-refractivity contribution in [2.75, 3.05) is 18.2 Å². The van der Waals surface area contributed by atoms with E-state index >= 15 is 0 Å². The third-order valence-corrected chi connectivity index (χ3v) is 4.87. The lowest BCUT2D eigenvalue weighted by Crippen LogP contribution is -2.12. The first-order valence-electron chi connectivity index (χ1n) is 7.04. The van der Waals surface area contributed by atoms with Crippen LogP contribution in [-0.4, -0.2) is 18.8 Å². The summed E-state index contributed by atoms with van der Waals surface area (Å²) in [5.41, 5.74) is 1.87. The normalized spacial score (nSPS) is 10.4. The third-order valence-electron chi connectivity index (χ3n) is 3.10. The van der Waals surface area contributed by atoms with Crippen molar-refractivity contribution in [1.29, 1.82) is 0 Å². The van der Waals surface area contributed by atoms with Gasteiger partial charge in [-0.25, -0.2) is 0 Å². The Hall–Kier alpha value is -1.36. The minimum Gasteiger partial charge on any atom is -0.497 e. The molecule has 0 aromatic heterocycles. The Morgan fingerprint density at radius 1 is 1.13 bits per heavy atom. The number of hydrogen-bond acceptors (Lipinski definition) is 3. The van der Waals surface area contributed by atoms with Crippen LogP contribution in [0.2, 0.25) is 10.0 Å². The summed E-state index contributed by atoms with van der Waals surface area (Å²) in [5.74, 6) is 2.30. The van der Waals surface area contributed by atoms with E-state index in [1.165, 1.54) is 0 Å². The van der Waals surface area contributed by atoms with E-state index in [4.69, 9.17) is 27.9 Å². The molecule has 2 aromatic rings. The molecule has 2 rings (SSSR count). The smallest absolute Gasteiger partial charge is 0.225 e. The van der Waals surface area contributed by atoms with Gasteiger partial charge in [-0.3, -0.25) is 4.79 Å². The lowest BCUT2D eigenvalue weighted by Gasteiger charge is -2.07. The molecule has 0 unspecified atom stereocenters. The van der Waals surface area contributed by atoms with Crippen LogP contribution in [0.1, 0.15) is 12.0 Å². The van der Waals surface area contributed by atoms with Gasteiger partial charge in [0, 0.05) is 23.6 Å². The van der Waals surface area contributed by atoms with Gasteiger partial charge in [-0.2, -0.15) is 11.8 Å². The van der Waals surface area contributed by atoms with Crippen LogP contribution in [0.4, 0.5) is 5.69 Å². The van der Waals surface area contributed by atoms with Gasteiger partial charge in [-0.15, -0.1) is 0 Å². The summed E-state index contributed by atoms with van der Waals surface area (Å²) in [7, 11) is 1.61. The van der Waals surface area contributed by atoms with Crippen molar-refractivity contribution in [3.8, 4) is 5.75 Å². The molecule has 0 heterocycles. The standard InChI is InChI=1S/C17H17Cl2NO2S/c1-22-14-5-3-13(4-6-14)20-17(21)8-9-23-11-12-2-7-15(18)16(19)10-12/h2-7,10H,8-9,11H2,1H3,(H,20,21). The molecule has 0 radical (unpaired) electrons. The molecule has 0 aliphatic rings. The van der Waals surface area contributed by atoms with E-state index in [-0.39, 0.29) is 5.91 Å². The van der Waals surface area contributed by atoms with Crippen LogP contribution >= 0.6 is 35.0 Å². The number of methoxy groups -OCH3 is 1. The maximum Gasteiger partial charge on any atom is 0.225 e. The van der Waals surface area contributed by atoms with Crippen LogP contribution in [-0.2, 0) is 10.5 Å². The first-order chi connectivity index (χ1) is 11.1. The maximum atomic E-state index is 11.9. The van der Waals surface area contributed by atoms with Crippen molar-refractivity contribution < 1.29 is 9.53 Å². The molecule has 1 N–H and O–H groups in total. The first-order valence-corrected chi connectivity index (χ1v) is 8.95. The molecule has 6 heteroatoms. The van der Waals surface area contributed by atoms with Crippen molar-refractivity contribution >= 4 is 46.6 Å². The second kappa shape index (κ2) is 9.06. The van der Waals surface area contributed by atoms with Crippen LogP contribution in [0, 0.1) is 0 Å². The van der Waals surface area contributed by atoms with Crippen LogP contribution in [0.5, 0.6) is 5.75 Å². The minimum absolute atomic E-state index is 0.00296. The number of carbonyl (C=O) groups excluding carboxylic acids is 1. The highest BCUT2D eigenvalue weighted by molar-refractivity contribution is 7.98. The quantitative estimate of drug-likeness (QED) is 0.676. The number of amides is 1. The summed E-state index contributed by atoms with van der Waals surface area (Å²) in [6.45, 7) is 0. The van der Waals surface area contributed by atoms with Gasteiger partial charge >= 0.3 is 0 Å². The van der Waals surface area contributed by atoms with Crippen molar-refractivity contribution in [2.45, 2.75) is 12.2 Å². The highest BCUT2D eigenvalue weighted by atomic mass is 35.5. The van der Waals surface area contributed by atoms with E-state index in [2.05, 4.69) is 5.32 Å². The Balaban J connectivity index is 1.70. The molecule has 3 nitrogen and oxygen atoms in total. The molecule has 1 amide bonds. The minimum atomic E-state index is -0.00296. The summed E-state index contributed by atoms with van der Waals surface area (Å²) in [6.07, 6.45) is 0.456. The zero-order valence-corrected chi connectivity index (χ0v) is 15.0. The lowest BCUT2D eigenvalue weighted by atomic mass is 10.2. The number of anilines is 1. The number of thioether (sulfide) groups is 1. The zero-order chi connectivity index (χ0) is 16.7. The first kappa shape index (κ1) is 18.0. The van der Waals surface area contributed by atoms with Crippen molar-refractivity contribution in [3.05, 3.63) is 58.1 Å². The number of rotatable bonds is 7. The second-order valence-electron chi connectivity index (χ2n) is 4.83. The SMILES string of the molecule is COc1ccc(NC(=O)CCSCc2ccc(Cl)c(Cl)c2)cc1. The molecule has 0 spiro atoms. The fourth-order valence-corrected chi connectivity index (χ4v) is 3.09. The fourth-order valence-electron chi connectivity index (χ4n) is 1.88. The van der Waals surface area contributed by atoms with Crippen LogP contribution < -0.4 is 10.1 Å². The predicted octanol–water partition coefficient (Wildman–Crippen LogP) is 5.26. The van der Waals surface area contributed by atoms with E-state index in [1.807, 2.05) is 36.4 Å². The summed E-state index contributed by atoms with van der Waals surface area (Å²) in [4.78, 5) is 11.9. The van der Waals surface area contributed by atoms with Gasteiger partial charge in [0.15, 0.2) is 0 Å². The maximum absolute atomic E-state index is 11.9. The van der Waals surface area contributed by atoms with Crippen molar-refractivity contribution in [1.82, 2.24) is 0 Å². The molecular formula is C17H17Cl2NO2S. The van der Waals surface area contributed by atoms with Crippen LogP contribution in [0.25, 0.3) is 0 Å². The van der Waals surface area contributed by atoms with Gasteiger partial charge in [0.25, 0.3) is 0 Å². The molecule has 0 fully saturated rings. The summed E-state index contributed by atoms with van der Waals surface area (Å²) in [6, 6.07) is 12.9. The van der Waals surface area contributed by atoms with Crippen LogP contribution in [0.3, 0.4) is 0 Å². The molecule has 0 aliphatic carbocycles. The van der Waals surface area contributed by atoms with Gasteiger partial charge in [-0.05, 0) is 42.0 Å². The molecule has 23 heavy (non-hydrogen) atoms. The number of hydrogen-bond donors (Lipinski definition) is 1. The van der Waals surface area contributed by atoms with Crippen molar-refractivity contribution in [2.24, 2.45) is 0 Å². The highest BCUT2D eigenvalue weighted by Gasteiger charge is 2.04. The Morgan fingerprint density at radius 3 is 2.52 bits per heavy atom. The summed E-state index contributed by atoms with van der Waals surface area (Å²) < 4.78 is 5.08. The fraction of sp³-hybridized carbons (Fsp3) is 0.235. The Labute approximate surface area is 150 Å². The molecule has 2 aromatic carbocycles. The zero-order valence-electron chi connectivity index (χ0n) is 12.6. The van der Waals surface area contributed by atoms with Gasteiger partial charge in [0.1, 0.15) is 5.75 Å². The van der Waals surface area contributed by atoms with Crippen molar-refractivity contribution in [3.63, 3.8) is 0 Å². The lowest BCUT2D eigenvalue weighted by molar-refractivity contribution is -0.115. The molecular weight excluding hydrogens is 353 g/mol. The van der Waals surface area contributed by atoms with E-state index in [9.17, 15) is 4.79 Å². The molecule has 0 saturated heterocycles. The molecule has 0 bridgehead atoms. The summed E-state index contributed by atoms with van der Waals surface area (Å²) in [5, 5.41) is 3.97. The Bertz CT molecular complexity index is 662. The number of ether oxygens (including phenoxy) is 1. The van der Waals surface area contributed by atoms with Gasteiger partial charge in [0.2, 0.25) is 5.91 Å². The van der Waals surface area contributed by atoms with Crippen LogP contribution in [0.15, 0.2) is 42.5 Å². The predicted molar refractivity (Wildman–Crippen MR) is 98.9 cm³/mol. The largest absolute Gasteiger partial charge is 0.497 e. The molecule has 122 valence electrons. The number of halogens is 2. The monoisotopic (exact) mass is 369 g/mol. The van der Waals surface area contributed by atoms with E-state index < -0.39 is 0 Å². The molecule has 0 aliphatic heterocycles. The van der Waals surface area contributed by atoms with E-state index in [1.54, 1.807) is 24.9 Å². The number of benzene rings is 2. The Morgan fingerprint density at radius 2 is 1.87 bits per heavy atom. The highest BCUT2D eigenvalue weighted by Crippen LogP contribution is 2.25.